The van der Waals surface area contributed by atoms with Crippen molar-refractivity contribution in [2.45, 2.75) is 13.1 Å². The SMILES string of the molecule is Cc1cc(-c2cccc3c2sc2c(-c4cc(-c5cccnc5)cc(-c5cccnc5)c4)cccc23)cc(C(F)(F)F)c1. The number of hydrogen-bond donors (Lipinski definition) is 0. The topological polar surface area (TPSA) is 25.8 Å². The van der Waals surface area contributed by atoms with Gasteiger partial charge >= 0.3 is 6.18 Å². The van der Waals surface area contributed by atoms with Gasteiger partial charge in [0.05, 0.1) is 5.56 Å². The Morgan fingerprint density at radius 2 is 1.07 bits per heavy atom. The molecule has 0 radical (unpaired) electrons. The molecular weight excluding hydrogens is 549 g/mol. The van der Waals surface area contributed by atoms with Gasteiger partial charge in [0.15, 0.2) is 0 Å². The average molecular weight is 573 g/mol. The molecule has 6 heteroatoms. The van der Waals surface area contributed by atoms with Crippen molar-refractivity contribution < 1.29 is 13.2 Å². The maximum atomic E-state index is 13.7. The van der Waals surface area contributed by atoms with Crippen LogP contribution < -0.4 is 0 Å². The molecule has 42 heavy (non-hydrogen) atoms. The number of pyridine rings is 2. The van der Waals surface area contributed by atoms with E-state index in [-0.39, 0.29) is 0 Å². The number of nitrogens with zero attached hydrogens (tertiary/aromatic N) is 2. The summed E-state index contributed by atoms with van der Waals surface area (Å²) in [6, 6.07) is 30.9. The molecule has 0 unspecified atom stereocenters. The fourth-order valence-corrected chi connectivity index (χ4v) is 6.93. The van der Waals surface area contributed by atoms with E-state index in [1.165, 1.54) is 12.1 Å². The first-order chi connectivity index (χ1) is 20.3. The zero-order valence-corrected chi connectivity index (χ0v) is 23.3. The summed E-state index contributed by atoms with van der Waals surface area (Å²) >= 11 is 1.62. The lowest BCUT2D eigenvalue weighted by molar-refractivity contribution is -0.137. The van der Waals surface area contributed by atoms with Gasteiger partial charge in [-0.1, -0.05) is 54.6 Å². The number of hydrogen-bond acceptors (Lipinski definition) is 3. The lowest BCUT2D eigenvalue weighted by Gasteiger charge is -2.11. The molecule has 204 valence electrons. The first-order valence-electron chi connectivity index (χ1n) is 13.4. The molecule has 0 saturated heterocycles. The lowest BCUT2D eigenvalue weighted by atomic mass is 9.93. The predicted octanol–water partition coefficient (Wildman–Crippen LogP) is 10.8. The Morgan fingerprint density at radius 1 is 0.548 bits per heavy atom. The minimum Gasteiger partial charge on any atom is -0.264 e. The fourth-order valence-electron chi connectivity index (χ4n) is 5.56. The highest BCUT2D eigenvalue weighted by atomic mass is 32.1. The Balaban J connectivity index is 1.46. The summed E-state index contributed by atoms with van der Waals surface area (Å²) in [7, 11) is 0. The Labute approximate surface area is 244 Å². The molecule has 4 aromatic carbocycles. The summed E-state index contributed by atoms with van der Waals surface area (Å²) in [6.45, 7) is 1.71. The third-order valence-corrected chi connectivity index (χ3v) is 8.76. The smallest absolute Gasteiger partial charge is 0.264 e. The van der Waals surface area contributed by atoms with Crippen LogP contribution in [0.3, 0.4) is 0 Å². The van der Waals surface area contributed by atoms with E-state index < -0.39 is 11.7 Å². The van der Waals surface area contributed by atoms with E-state index in [9.17, 15) is 13.2 Å². The standard InChI is InChI=1S/C36H23F3N2S/c1-22-14-27(19-29(15-22)36(37,38)39)30-8-2-10-32-33-11-3-9-31(35(33)42-34(30)32)28-17-25(23-6-4-12-40-20-23)16-26(18-28)24-7-5-13-41-21-24/h2-21H,1H3. The molecule has 3 heterocycles. The van der Waals surface area contributed by atoms with Gasteiger partial charge in [-0.15, -0.1) is 11.3 Å². The first-order valence-corrected chi connectivity index (χ1v) is 14.3. The molecule has 0 aliphatic heterocycles. The highest BCUT2D eigenvalue weighted by Gasteiger charge is 2.31. The van der Waals surface area contributed by atoms with E-state index in [2.05, 4.69) is 46.4 Å². The van der Waals surface area contributed by atoms with Crippen LogP contribution in [0.25, 0.3) is 64.7 Å². The Morgan fingerprint density at radius 3 is 1.57 bits per heavy atom. The molecular formula is C36H23F3N2S. The van der Waals surface area contributed by atoms with E-state index in [1.54, 1.807) is 30.7 Å². The quantitative estimate of drug-likeness (QED) is 0.210. The Hall–Kier alpha value is -4.81. The second-order valence-electron chi connectivity index (χ2n) is 10.3. The largest absolute Gasteiger partial charge is 0.416 e. The average Bonchev–Trinajstić information content (AvgIpc) is 3.40. The fraction of sp³-hybridized carbons (Fsp3) is 0.0556. The van der Waals surface area contributed by atoms with Crippen LogP contribution in [0.4, 0.5) is 13.2 Å². The van der Waals surface area contributed by atoms with Gasteiger partial charge in [0, 0.05) is 56.1 Å². The first kappa shape index (κ1) is 26.1. The number of alkyl halides is 3. The summed E-state index contributed by atoms with van der Waals surface area (Å²) in [5.41, 5.74) is 7.52. The van der Waals surface area contributed by atoms with Crippen molar-refractivity contribution in [2.24, 2.45) is 0 Å². The van der Waals surface area contributed by atoms with E-state index in [0.717, 1.165) is 59.1 Å². The van der Waals surface area contributed by atoms with Crippen LogP contribution in [0.2, 0.25) is 0 Å². The number of fused-ring (bicyclic) bond motifs is 3. The summed E-state index contributed by atoms with van der Waals surface area (Å²) in [5, 5.41) is 2.10. The van der Waals surface area contributed by atoms with Gasteiger partial charge in [0.25, 0.3) is 0 Å². The zero-order chi connectivity index (χ0) is 28.8. The van der Waals surface area contributed by atoms with Gasteiger partial charge in [-0.05, 0) is 88.3 Å². The van der Waals surface area contributed by atoms with E-state index in [0.29, 0.717) is 11.1 Å². The number of halogens is 3. The molecule has 7 aromatic rings. The molecule has 0 aliphatic rings. The molecule has 0 fully saturated rings. The predicted molar refractivity (Wildman–Crippen MR) is 166 cm³/mol. The third kappa shape index (κ3) is 4.74. The highest BCUT2D eigenvalue weighted by Crippen LogP contribution is 2.45. The van der Waals surface area contributed by atoms with Crippen molar-refractivity contribution in [1.29, 1.82) is 0 Å². The maximum Gasteiger partial charge on any atom is 0.416 e. The zero-order valence-electron chi connectivity index (χ0n) is 22.5. The summed E-state index contributed by atoms with van der Waals surface area (Å²) in [5.74, 6) is 0. The van der Waals surface area contributed by atoms with Crippen molar-refractivity contribution in [2.75, 3.05) is 0 Å². The van der Waals surface area contributed by atoms with Crippen LogP contribution >= 0.6 is 11.3 Å². The van der Waals surface area contributed by atoms with Crippen molar-refractivity contribution >= 4 is 31.5 Å². The normalized spacial score (nSPS) is 11.8. The van der Waals surface area contributed by atoms with Crippen molar-refractivity contribution in [3.05, 3.63) is 133 Å². The summed E-state index contributed by atoms with van der Waals surface area (Å²) < 4.78 is 43.1. The van der Waals surface area contributed by atoms with Gasteiger partial charge in [0.2, 0.25) is 0 Å². The van der Waals surface area contributed by atoms with Crippen LogP contribution in [0.5, 0.6) is 0 Å². The lowest BCUT2D eigenvalue weighted by Crippen LogP contribution is -2.05. The molecule has 0 aliphatic carbocycles. The molecule has 3 aromatic heterocycles. The molecule has 2 nitrogen and oxygen atoms in total. The van der Waals surface area contributed by atoms with Crippen LogP contribution in [-0.2, 0) is 6.18 Å². The summed E-state index contributed by atoms with van der Waals surface area (Å²) in [4.78, 5) is 8.66. The number of benzene rings is 4. The van der Waals surface area contributed by atoms with Gasteiger partial charge < -0.3 is 0 Å². The monoisotopic (exact) mass is 572 g/mol. The van der Waals surface area contributed by atoms with Gasteiger partial charge in [0.1, 0.15) is 0 Å². The molecule has 7 rings (SSSR count). The Bertz CT molecular complexity index is 2020. The number of rotatable bonds is 4. The number of aromatic nitrogens is 2. The maximum absolute atomic E-state index is 13.7. The van der Waals surface area contributed by atoms with Crippen LogP contribution in [-0.4, -0.2) is 9.97 Å². The molecule has 0 N–H and O–H groups in total. The summed E-state index contributed by atoms with van der Waals surface area (Å²) in [6.07, 6.45) is 2.83. The van der Waals surface area contributed by atoms with Crippen LogP contribution in [0, 0.1) is 6.92 Å². The highest BCUT2D eigenvalue weighted by molar-refractivity contribution is 7.26. The molecule has 0 amide bonds. The molecule has 0 spiro atoms. The number of aryl methyl sites for hydroxylation is 1. The minimum atomic E-state index is -4.41. The van der Waals surface area contributed by atoms with Gasteiger partial charge in [-0.25, -0.2) is 0 Å². The minimum absolute atomic E-state index is 0.568. The second-order valence-corrected chi connectivity index (χ2v) is 11.4. The second kappa shape index (κ2) is 10.2. The van der Waals surface area contributed by atoms with E-state index >= 15 is 0 Å². The van der Waals surface area contributed by atoms with Crippen molar-refractivity contribution in [3.63, 3.8) is 0 Å². The Kier molecular flexibility index (Phi) is 6.36. The van der Waals surface area contributed by atoms with Crippen LogP contribution in [0.1, 0.15) is 11.1 Å². The van der Waals surface area contributed by atoms with Crippen LogP contribution in [0.15, 0.2) is 122 Å². The van der Waals surface area contributed by atoms with E-state index in [1.807, 2.05) is 60.9 Å². The van der Waals surface area contributed by atoms with Gasteiger partial charge in [-0.3, -0.25) is 9.97 Å². The third-order valence-electron chi connectivity index (χ3n) is 7.47. The number of thiophene rings is 1. The van der Waals surface area contributed by atoms with Gasteiger partial charge in [-0.2, -0.15) is 13.2 Å². The van der Waals surface area contributed by atoms with Crippen molar-refractivity contribution in [1.82, 2.24) is 9.97 Å². The molecule has 0 saturated carbocycles. The molecule has 0 atom stereocenters. The molecule has 0 bridgehead atoms. The van der Waals surface area contributed by atoms with E-state index in [4.69, 9.17) is 0 Å². The van der Waals surface area contributed by atoms with Crippen molar-refractivity contribution in [3.8, 4) is 44.5 Å².